The number of hydrogen-bond acceptors (Lipinski definition) is 4. The van der Waals surface area contributed by atoms with Gasteiger partial charge in [-0.25, -0.2) is 4.98 Å². The Morgan fingerprint density at radius 3 is 2.40 bits per heavy atom. The summed E-state index contributed by atoms with van der Waals surface area (Å²) in [4.78, 5) is 33.6. The Labute approximate surface area is 180 Å². The summed E-state index contributed by atoms with van der Waals surface area (Å²) in [6, 6.07) is 17.6. The molecule has 1 aliphatic heterocycles. The summed E-state index contributed by atoms with van der Waals surface area (Å²) in [6.07, 6.45) is 5.27. The second-order valence-corrected chi connectivity index (χ2v) is 9.18. The van der Waals surface area contributed by atoms with E-state index in [-0.39, 0.29) is 17.5 Å². The van der Waals surface area contributed by atoms with Crippen molar-refractivity contribution in [3.63, 3.8) is 0 Å². The zero-order chi connectivity index (χ0) is 20.5. The maximum Gasteiger partial charge on any atom is 0.262 e. The van der Waals surface area contributed by atoms with Crippen molar-refractivity contribution in [2.24, 2.45) is 0 Å². The highest BCUT2D eigenvalue weighted by Gasteiger charge is 2.33. The first-order valence-corrected chi connectivity index (χ1v) is 11.6. The fourth-order valence-corrected chi connectivity index (χ4v) is 5.39. The molecule has 1 amide bonds. The van der Waals surface area contributed by atoms with Crippen molar-refractivity contribution in [2.75, 3.05) is 13.1 Å². The maximum absolute atomic E-state index is 13.5. The molecule has 2 heterocycles. The Bertz CT molecular complexity index is 1120. The van der Waals surface area contributed by atoms with Crippen LogP contribution in [0.25, 0.3) is 10.9 Å². The van der Waals surface area contributed by atoms with Crippen molar-refractivity contribution in [2.45, 2.75) is 48.6 Å². The first-order valence-electron chi connectivity index (χ1n) is 10.7. The largest absolute Gasteiger partial charge is 0.341 e. The van der Waals surface area contributed by atoms with E-state index in [2.05, 4.69) is 0 Å². The number of benzene rings is 2. The van der Waals surface area contributed by atoms with Crippen LogP contribution < -0.4 is 5.56 Å². The van der Waals surface area contributed by atoms with Gasteiger partial charge in [-0.3, -0.25) is 14.2 Å². The minimum absolute atomic E-state index is 0.00262. The van der Waals surface area contributed by atoms with Crippen molar-refractivity contribution < 1.29 is 4.79 Å². The van der Waals surface area contributed by atoms with Crippen molar-refractivity contribution in [1.29, 1.82) is 0 Å². The van der Waals surface area contributed by atoms with Gasteiger partial charge in [0.2, 0.25) is 5.91 Å². The third-order valence-corrected chi connectivity index (χ3v) is 7.11. The van der Waals surface area contributed by atoms with Gasteiger partial charge >= 0.3 is 0 Å². The summed E-state index contributed by atoms with van der Waals surface area (Å²) in [7, 11) is 0. The Kier molecular flexibility index (Phi) is 5.34. The van der Waals surface area contributed by atoms with Gasteiger partial charge in [-0.15, -0.1) is 0 Å². The lowest BCUT2D eigenvalue weighted by Crippen LogP contribution is -2.38. The van der Waals surface area contributed by atoms with Crippen molar-refractivity contribution in [1.82, 2.24) is 14.5 Å². The number of thioether (sulfide) groups is 1. The van der Waals surface area contributed by atoms with Crippen LogP contribution in [0.2, 0.25) is 0 Å². The molecule has 5 nitrogen and oxygen atoms in total. The number of aromatic nitrogens is 2. The van der Waals surface area contributed by atoms with Crippen LogP contribution in [0.3, 0.4) is 0 Å². The van der Waals surface area contributed by atoms with Gasteiger partial charge < -0.3 is 4.90 Å². The Balaban J connectivity index is 1.58. The normalized spacial score (nSPS) is 17.8. The molecule has 0 radical (unpaired) electrons. The molecule has 0 bridgehead atoms. The van der Waals surface area contributed by atoms with Crippen molar-refractivity contribution in [3.05, 3.63) is 70.5 Å². The van der Waals surface area contributed by atoms with Crippen LogP contribution in [0.15, 0.2) is 64.5 Å². The van der Waals surface area contributed by atoms with E-state index in [0.29, 0.717) is 16.1 Å². The van der Waals surface area contributed by atoms with E-state index in [1.165, 1.54) is 18.2 Å². The summed E-state index contributed by atoms with van der Waals surface area (Å²) in [6.45, 7) is 1.62. The fraction of sp³-hybridized carbons (Fsp3) is 0.375. The number of carbonyl (C=O) groups is 1. The van der Waals surface area contributed by atoms with E-state index in [9.17, 15) is 9.59 Å². The molecule has 1 aliphatic carbocycles. The molecule has 1 unspecified atom stereocenters. The van der Waals surface area contributed by atoms with E-state index >= 15 is 0 Å². The number of para-hydroxylation sites is 1. The average Bonchev–Trinajstić information content (AvgIpc) is 3.63. The smallest absolute Gasteiger partial charge is 0.262 e. The van der Waals surface area contributed by atoms with Crippen LogP contribution in [0.1, 0.15) is 49.0 Å². The van der Waals surface area contributed by atoms with Crippen molar-refractivity contribution >= 4 is 28.6 Å². The van der Waals surface area contributed by atoms with Crippen molar-refractivity contribution in [3.8, 4) is 0 Å². The summed E-state index contributed by atoms with van der Waals surface area (Å²) in [5, 5.41) is 0.898. The summed E-state index contributed by atoms with van der Waals surface area (Å²) < 4.78 is 1.83. The molecule has 2 fully saturated rings. The molecule has 2 aromatic carbocycles. The molecular weight excluding hydrogens is 394 g/mol. The van der Waals surface area contributed by atoms with Gasteiger partial charge in [0, 0.05) is 19.1 Å². The zero-order valence-corrected chi connectivity index (χ0v) is 17.7. The van der Waals surface area contributed by atoms with E-state index in [1.54, 1.807) is 0 Å². The van der Waals surface area contributed by atoms with Crippen LogP contribution in [0.4, 0.5) is 0 Å². The zero-order valence-electron chi connectivity index (χ0n) is 16.9. The van der Waals surface area contributed by atoms with Gasteiger partial charge in [0.25, 0.3) is 5.56 Å². The topological polar surface area (TPSA) is 55.2 Å². The molecule has 0 spiro atoms. The van der Waals surface area contributed by atoms with E-state index < -0.39 is 5.25 Å². The number of hydrogen-bond donors (Lipinski definition) is 0. The second-order valence-electron chi connectivity index (χ2n) is 8.11. The van der Waals surface area contributed by atoms with Gasteiger partial charge in [0.15, 0.2) is 5.16 Å². The van der Waals surface area contributed by atoms with Gasteiger partial charge in [-0.1, -0.05) is 54.2 Å². The highest BCUT2D eigenvalue weighted by atomic mass is 32.2. The number of nitrogens with zero attached hydrogens (tertiary/aromatic N) is 3. The molecule has 1 saturated carbocycles. The van der Waals surface area contributed by atoms with Gasteiger partial charge in [0.05, 0.1) is 10.9 Å². The van der Waals surface area contributed by atoms with Crippen LogP contribution in [0.5, 0.6) is 0 Å². The number of rotatable bonds is 5. The fourth-order valence-electron chi connectivity index (χ4n) is 4.14. The lowest BCUT2D eigenvalue weighted by molar-refractivity contribution is -0.131. The minimum atomic E-state index is -0.401. The Morgan fingerprint density at radius 1 is 0.967 bits per heavy atom. The number of likely N-dealkylation sites (tertiary alicyclic amines) is 1. The van der Waals surface area contributed by atoms with E-state index in [1.807, 2.05) is 64.1 Å². The number of piperidine rings is 1. The molecule has 1 aromatic heterocycles. The molecule has 2 aliphatic rings. The molecule has 1 saturated heterocycles. The molecule has 154 valence electrons. The Morgan fingerprint density at radius 2 is 1.67 bits per heavy atom. The predicted molar refractivity (Wildman–Crippen MR) is 120 cm³/mol. The molecular formula is C24H25N3O2S. The first-order chi connectivity index (χ1) is 14.7. The van der Waals surface area contributed by atoms with Crippen LogP contribution in [-0.2, 0) is 4.79 Å². The third-order valence-electron chi connectivity index (χ3n) is 5.91. The van der Waals surface area contributed by atoms with E-state index in [0.717, 1.165) is 44.3 Å². The first kappa shape index (κ1) is 19.4. The minimum Gasteiger partial charge on any atom is -0.341 e. The number of amides is 1. The number of fused-ring (bicyclic) bond motifs is 1. The SMILES string of the molecule is O=C(C(Sc1nc2ccccc2c(=O)n1C1CC1)c1ccccc1)N1CCCCC1. The molecule has 1 atom stereocenters. The van der Waals surface area contributed by atoms with Crippen LogP contribution >= 0.6 is 11.8 Å². The second kappa shape index (κ2) is 8.26. The third kappa shape index (κ3) is 3.76. The maximum atomic E-state index is 13.5. The van der Waals surface area contributed by atoms with Gasteiger partial charge in [-0.05, 0) is 49.8 Å². The number of carbonyl (C=O) groups excluding carboxylic acids is 1. The molecule has 6 heteroatoms. The lowest BCUT2D eigenvalue weighted by atomic mass is 10.1. The van der Waals surface area contributed by atoms with Crippen LogP contribution in [0, 0.1) is 0 Å². The van der Waals surface area contributed by atoms with Crippen LogP contribution in [-0.4, -0.2) is 33.4 Å². The standard InChI is InChI=1S/C24H25N3O2S/c28-22-19-11-5-6-12-20(19)25-24(27(22)18-13-14-18)30-21(17-9-3-1-4-10-17)23(29)26-15-7-2-8-16-26/h1,3-6,9-12,18,21H,2,7-8,13-16H2. The predicted octanol–water partition coefficient (Wildman–Crippen LogP) is 4.58. The average molecular weight is 420 g/mol. The molecule has 0 N–H and O–H groups in total. The molecule has 5 rings (SSSR count). The highest BCUT2D eigenvalue weighted by molar-refractivity contribution is 8.00. The summed E-state index contributed by atoms with van der Waals surface area (Å²) in [5.74, 6) is 0.121. The monoisotopic (exact) mass is 419 g/mol. The summed E-state index contributed by atoms with van der Waals surface area (Å²) in [5.41, 5.74) is 1.66. The Hall–Kier alpha value is -2.60. The van der Waals surface area contributed by atoms with Gasteiger partial charge in [-0.2, -0.15) is 0 Å². The quantitative estimate of drug-likeness (QED) is 0.449. The summed E-state index contributed by atoms with van der Waals surface area (Å²) >= 11 is 1.43. The van der Waals surface area contributed by atoms with Gasteiger partial charge in [0.1, 0.15) is 5.25 Å². The lowest BCUT2D eigenvalue weighted by Gasteiger charge is -2.30. The highest BCUT2D eigenvalue weighted by Crippen LogP contribution is 2.41. The van der Waals surface area contributed by atoms with E-state index in [4.69, 9.17) is 4.98 Å². The molecule has 3 aromatic rings. The molecule has 30 heavy (non-hydrogen) atoms.